The molecule has 0 unspecified atom stereocenters. The van der Waals surface area contributed by atoms with E-state index in [4.69, 9.17) is 30.9 Å². The molecule has 4 aromatic carbocycles. The van der Waals surface area contributed by atoms with E-state index in [2.05, 4.69) is 76.5 Å². The molecule has 2 heterocycles. The number of piperidine rings is 2. The number of nitrogens with two attached hydrogens (primary N) is 1. The SMILES string of the molecule is CCC(=O)N(c1ccccc1)C1CCN(CCc2ccccc2)CC1.CCOC(=O)C1(c2ccccc2)CCN(CCc2ccc(N)cc2)CC1.O=C(O)CC(O)(CC(=O)O)C(=O)O. The normalized spacial score (nSPS) is 15.3. The number of likely N-dealkylation sites (tertiary alicyclic amines) is 2. The largest absolute Gasteiger partial charge is 0.481 e. The second-order valence-electron chi connectivity index (χ2n) is 16.2. The minimum Gasteiger partial charge on any atom is -0.481 e. The Bertz CT molecular complexity index is 2040. The average molecular weight is 881 g/mol. The van der Waals surface area contributed by atoms with Crippen LogP contribution in [0.5, 0.6) is 0 Å². The highest BCUT2D eigenvalue weighted by Gasteiger charge is 2.44. The molecule has 14 heteroatoms. The number of benzene rings is 4. The van der Waals surface area contributed by atoms with E-state index in [0.29, 0.717) is 19.1 Å². The number of carboxylic acid groups (broad SMARTS) is 3. The second kappa shape index (κ2) is 25.3. The molecule has 6 N–H and O–H groups in total. The third-order valence-electron chi connectivity index (χ3n) is 11.8. The van der Waals surface area contributed by atoms with Crippen LogP contribution in [0.4, 0.5) is 11.4 Å². The first kappa shape index (κ1) is 50.6. The molecule has 0 aromatic heterocycles. The fourth-order valence-corrected chi connectivity index (χ4v) is 8.13. The van der Waals surface area contributed by atoms with Crippen molar-refractivity contribution in [3.63, 3.8) is 0 Å². The van der Waals surface area contributed by atoms with Crippen molar-refractivity contribution in [3.05, 3.63) is 132 Å². The van der Waals surface area contributed by atoms with Gasteiger partial charge in [-0.2, -0.15) is 0 Å². The van der Waals surface area contributed by atoms with Crippen LogP contribution >= 0.6 is 0 Å². The molecule has 0 saturated carbocycles. The van der Waals surface area contributed by atoms with Crippen LogP contribution < -0.4 is 10.6 Å². The number of aliphatic carboxylic acids is 3. The molecule has 0 atom stereocenters. The van der Waals surface area contributed by atoms with Crippen molar-refractivity contribution in [3.8, 4) is 0 Å². The standard InChI is InChI=1S/C22H28N2O2.C22H28N2O.C6H8O7/c1-2-26-21(25)22(19-6-4-3-5-7-19)13-16-24(17-14-22)15-12-18-8-10-20(23)11-9-18;1-2-22(25)24(20-11-7-4-8-12-20)21-14-17-23(18-15-21)16-13-19-9-5-3-6-10-19;7-3(8)1-6(13,5(11)12)2-4(9)10/h3-11H,2,12-17,23H2,1H3;3-12,21H,2,13-18H2,1H3;13H,1-2H2,(H,7,8)(H,9,10)(H,11,12). The Balaban J connectivity index is 0.000000223. The van der Waals surface area contributed by atoms with Gasteiger partial charge in [-0.1, -0.05) is 97.9 Å². The monoisotopic (exact) mass is 880 g/mol. The Hall–Kier alpha value is -6.09. The molecule has 0 radical (unpaired) electrons. The van der Waals surface area contributed by atoms with Crippen molar-refractivity contribution in [1.29, 1.82) is 0 Å². The number of amides is 1. The van der Waals surface area contributed by atoms with Gasteiger partial charge in [0.1, 0.15) is 0 Å². The topological polar surface area (TPSA) is 211 Å². The summed E-state index contributed by atoms with van der Waals surface area (Å²) in [6.07, 6.45) is 4.08. The van der Waals surface area contributed by atoms with E-state index < -0.39 is 41.8 Å². The maximum absolute atomic E-state index is 12.8. The lowest BCUT2D eigenvalue weighted by Gasteiger charge is -2.40. The van der Waals surface area contributed by atoms with Crippen molar-refractivity contribution in [2.75, 3.05) is 56.5 Å². The highest BCUT2D eigenvalue weighted by Crippen LogP contribution is 2.37. The predicted molar refractivity (Wildman–Crippen MR) is 246 cm³/mol. The predicted octanol–water partition coefficient (Wildman–Crippen LogP) is 6.30. The third kappa shape index (κ3) is 15.3. The summed E-state index contributed by atoms with van der Waals surface area (Å²) in [6.45, 7) is 10.3. The number of rotatable bonds is 17. The Morgan fingerprint density at radius 1 is 0.688 bits per heavy atom. The quantitative estimate of drug-likeness (QED) is 0.0584. The zero-order valence-corrected chi connectivity index (χ0v) is 37.0. The van der Waals surface area contributed by atoms with Crippen molar-refractivity contribution in [2.45, 2.75) is 88.7 Å². The Kier molecular flexibility index (Phi) is 20.0. The summed E-state index contributed by atoms with van der Waals surface area (Å²) in [7, 11) is 0. The van der Waals surface area contributed by atoms with Crippen LogP contribution in [0.2, 0.25) is 0 Å². The summed E-state index contributed by atoms with van der Waals surface area (Å²) in [4.78, 5) is 62.8. The highest BCUT2D eigenvalue weighted by atomic mass is 16.5. The van der Waals surface area contributed by atoms with Crippen molar-refractivity contribution < 1.29 is 49.1 Å². The maximum Gasteiger partial charge on any atom is 0.336 e. The van der Waals surface area contributed by atoms with Crippen molar-refractivity contribution >= 4 is 41.2 Å². The van der Waals surface area contributed by atoms with Crippen molar-refractivity contribution in [2.24, 2.45) is 0 Å². The lowest BCUT2D eigenvalue weighted by molar-refractivity contribution is -0.170. The van der Waals surface area contributed by atoms with Gasteiger partial charge in [-0.3, -0.25) is 19.2 Å². The lowest BCUT2D eigenvalue weighted by atomic mass is 9.72. The number of hydrogen-bond donors (Lipinski definition) is 5. The van der Waals surface area contributed by atoms with Gasteiger partial charge >= 0.3 is 23.9 Å². The zero-order valence-electron chi connectivity index (χ0n) is 37.0. The smallest absolute Gasteiger partial charge is 0.336 e. The summed E-state index contributed by atoms with van der Waals surface area (Å²) in [5, 5.41) is 33.8. The number of carboxylic acids is 3. The molecule has 2 aliphatic rings. The van der Waals surface area contributed by atoms with Gasteiger partial charge in [-0.05, 0) is 99.5 Å². The second-order valence-corrected chi connectivity index (χ2v) is 16.2. The molecular weight excluding hydrogens is 817 g/mol. The van der Waals surface area contributed by atoms with E-state index in [1.54, 1.807) is 0 Å². The fourth-order valence-electron chi connectivity index (χ4n) is 8.13. The number of aliphatic hydroxyl groups is 1. The molecule has 14 nitrogen and oxygen atoms in total. The molecule has 4 aromatic rings. The van der Waals surface area contributed by atoms with E-state index in [9.17, 15) is 24.0 Å². The molecule has 1 amide bonds. The lowest BCUT2D eigenvalue weighted by Crippen LogP contribution is -2.48. The van der Waals surface area contributed by atoms with Gasteiger partial charge in [0.05, 0.1) is 24.9 Å². The number of carbonyl (C=O) groups is 5. The minimum absolute atomic E-state index is 0.0793. The molecule has 0 spiro atoms. The Morgan fingerprint density at radius 3 is 1.62 bits per heavy atom. The minimum atomic E-state index is -2.74. The first-order chi connectivity index (χ1) is 30.7. The molecule has 64 heavy (non-hydrogen) atoms. The van der Waals surface area contributed by atoms with E-state index in [1.807, 2.05) is 67.3 Å². The van der Waals surface area contributed by atoms with E-state index >= 15 is 0 Å². The number of carbonyl (C=O) groups excluding carboxylic acids is 2. The van der Waals surface area contributed by atoms with Gasteiger partial charge in [0, 0.05) is 50.0 Å². The first-order valence-electron chi connectivity index (χ1n) is 22.0. The average Bonchev–Trinajstić information content (AvgIpc) is 3.29. The van der Waals surface area contributed by atoms with Crippen LogP contribution in [0.15, 0.2) is 115 Å². The third-order valence-corrected chi connectivity index (χ3v) is 11.8. The van der Waals surface area contributed by atoms with E-state index in [-0.39, 0.29) is 11.9 Å². The number of hydrogen-bond acceptors (Lipinski definition) is 10. The summed E-state index contributed by atoms with van der Waals surface area (Å²) in [5.41, 5.74) is 8.12. The summed E-state index contributed by atoms with van der Waals surface area (Å²) in [6, 6.07) is 39.3. The summed E-state index contributed by atoms with van der Waals surface area (Å²) < 4.78 is 5.45. The molecule has 6 rings (SSSR count). The molecule has 2 saturated heterocycles. The zero-order chi connectivity index (χ0) is 46.5. The molecule has 0 aliphatic carbocycles. The molecule has 344 valence electrons. The van der Waals surface area contributed by atoms with Gasteiger partial charge in [-0.15, -0.1) is 0 Å². The highest BCUT2D eigenvalue weighted by molar-refractivity contribution is 5.93. The molecule has 2 fully saturated rings. The molecular formula is C50H64N4O10. The van der Waals surface area contributed by atoms with E-state index in [1.165, 1.54) is 11.1 Å². The number of para-hydroxylation sites is 1. The number of nitrogen functional groups attached to an aromatic ring is 1. The number of nitrogens with zero attached hydrogens (tertiary/aromatic N) is 3. The van der Waals surface area contributed by atoms with Crippen LogP contribution in [0.25, 0.3) is 0 Å². The van der Waals surface area contributed by atoms with Gasteiger partial charge in [0.25, 0.3) is 0 Å². The van der Waals surface area contributed by atoms with Gasteiger partial charge in [0.15, 0.2) is 5.60 Å². The number of anilines is 2. The molecule has 2 aliphatic heterocycles. The van der Waals surface area contributed by atoms with Gasteiger partial charge in [-0.25, -0.2) is 4.79 Å². The maximum atomic E-state index is 12.8. The van der Waals surface area contributed by atoms with Gasteiger partial charge in [0.2, 0.25) is 5.91 Å². The molecule has 0 bridgehead atoms. The summed E-state index contributed by atoms with van der Waals surface area (Å²) in [5.74, 6) is -4.87. The number of esters is 1. The first-order valence-corrected chi connectivity index (χ1v) is 22.0. The Morgan fingerprint density at radius 2 is 1.16 bits per heavy atom. The summed E-state index contributed by atoms with van der Waals surface area (Å²) >= 11 is 0. The van der Waals surface area contributed by atoms with Crippen LogP contribution in [0, 0.1) is 0 Å². The van der Waals surface area contributed by atoms with Crippen LogP contribution in [-0.2, 0) is 47.0 Å². The Labute approximate surface area is 376 Å². The van der Waals surface area contributed by atoms with Crippen LogP contribution in [0.1, 0.15) is 75.5 Å². The van der Waals surface area contributed by atoms with E-state index in [0.717, 1.165) is 94.7 Å². The number of ether oxygens (including phenoxy) is 1. The van der Waals surface area contributed by atoms with Crippen LogP contribution in [0.3, 0.4) is 0 Å². The van der Waals surface area contributed by atoms with Crippen LogP contribution in [-0.4, -0.2) is 118 Å². The van der Waals surface area contributed by atoms with Crippen molar-refractivity contribution in [1.82, 2.24) is 9.80 Å². The fraction of sp³-hybridized carbons (Fsp3) is 0.420. The van der Waals surface area contributed by atoms with Gasteiger partial charge < -0.3 is 45.6 Å².